The molecule has 0 spiro atoms. The normalized spacial score (nSPS) is 15.6. The van der Waals surface area contributed by atoms with Crippen LogP contribution in [0.1, 0.15) is 24.4 Å². The Balaban J connectivity index is 1.88. The van der Waals surface area contributed by atoms with Crippen LogP contribution in [0.4, 0.5) is 11.4 Å². The van der Waals surface area contributed by atoms with Crippen molar-refractivity contribution in [1.82, 2.24) is 4.98 Å². The summed E-state index contributed by atoms with van der Waals surface area (Å²) in [6.07, 6.45) is 6.28. The minimum absolute atomic E-state index is 0.324. The molecule has 4 heteroatoms. The highest BCUT2D eigenvalue weighted by Gasteiger charge is 2.32. The van der Waals surface area contributed by atoms with Crippen LogP contribution in [0, 0.1) is 5.92 Å². The maximum atomic E-state index is 6.00. The molecule has 0 saturated heterocycles. The highest BCUT2D eigenvalue weighted by atomic mass is 35.5. The van der Waals surface area contributed by atoms with E-state index in [9.17, 15) is 0 Å². The van der Waals surface area contributed by atoms with Gasteiger partial charge in [-0.05, 0) is 42.5 Å². The second-order valence-electron chi connectivity index (χ2n) is 5.80. The Labute approximate surface area is 131 Å². The van der Waals surface area contributed by atoms with Crippen LogP contribution in [0.3, 0.4) is 0 Å². The van der Waals surface area contributed by atoms with Crippen molar-refractivity contribution >= 4 is 23.0 Å². The first-order valence-electron chi connectivity index (χ1n) is 7.28. The smallest absolute Gasteiger partial charge is 0.0769 e. The van der Waals surface area contributed by atoms with Gasteiger partial charge in [0.05, 0.1) is 23.6 Å². The zero-order chi connectivity index (χ0) is 14.8. The topological polar surface area (TPSA) is 28.2 Å². The average Bonchev–Trinajstić information content (AvgIpc) is 3.31. The van der Waals surface area contributed by atoms with Crippen LogP contribution in [0.25, 0.3) is 0 Å². The largest absolute Gasteiger partial charge is 0.376 e. The van der Waals surface area contributed by atoms with Crippen LogP contribution < -0.4 is 10.2 Å². The molecule has 1 aliphatic carbocycles. The molecule has 0 amide bonds. The Hall–Kier alpha value is -1.74. The number of halogens is 1. The zero-order valence-corrected chi connectivity index (χ0v) is 13.1. The first kappa shape index (κ1) is 14.2. The van der Waals surface area contributed by atoms with Crippen LogP contribution >= 0.6 is 11.6 Å². The summed E-state index contributed by atoms with van der Waals surface area (Å²) in [6, 6.07) is 10.5. The van der Waals surface area contributed by atoms with Crippen LogP contribution in [-0.2, 0) is 0 Å². The monoisotopic (exact) mass is 301 g/mol. The minimum atomic E-state index is 0.324. The van der Waals surface area contributed by atoms with Crippen molar-refractivity contribution in [3.05, 3.63) is 53.3 Å². The van der Waals surface area contributed by atoms with Crippen molar-refractivity contribution in [1.29, 1.82) is 0 Å². The highest BCUT2D eigenvalue weighted by molar-refractivity contribution is 6.30. The molecule has 1 aliphatic rings. The molecule has 1 saturated carbocycles. The van der Waals surface area contributed by atoms with E-state index in [2.05, 4.69) is 41.4 Å². The third kappa shape index (κ3) is 3.30. The van der Waals surface area contributed by atoms with Gasteiger partial charge in [0.2, 0.25) is 0 Å². The van der Waals surface area contributed by atoms with Gasteiger partial charge in [-0.25, -0.2) is 0 Å². The molecule has 0 radical (unpaired) electrons. The minimum Gasteiger partial charge on any atom is -0.376 e. The van der Waals surface area contributed by atoms with Gasteiger partial charge in [-0.15, -0.1) is 0 Å². The number of hydrogen-bond acceptors (Lipinski definition) is 3. The summed E-state index contributed by atoms with van der Waals surface area (Å²) in [5.41, 5.74) is 3.52. The molecule has 110 valence electrons. The van der Waals surface area contributed by atoms with E-state index in [4.69, 9.17) is 11.6 Å². The molecular weight excluding hydrogens is 282 g/mol. The van der Waals surface area contributed by atoms with Gasteiger partial charge >= 0.3 is 0 Å². The van der Waals surface area contributed by atoms with Gasteiger partial charge in [0.15, 0.2) is 0 Å². The maximum Gasteiger partial charge on any atom is 0.0769 e. The lowest BCUT2D eigenvalue weighted by Gasteiger charge is -2.24. The number of aromatic nitrogens is 1. The number of nitrogens with zero attached hydrogens (tertiary/aromatic N) is 2. The summed E-state index contributed by atoms with van der Waals surface area (Å²) >= 11 is 6.00. The maximum absolute atomic E-state index is 6.00. The Morgan fingerprint density at radius 1 is 1.19 bits per heavy atom. The Bertz CT molecular complexity index is 606. The number of nitrogens with one attached hydrogen (secondary N) is 1. The fraction of sp³-hybridized carbons (Fsp3) is 0.353. The highest BCUT2D eigenvalue weighted by Crippen LogP contribution is 2.43. The van der Waals surface area contributed by atoms with Gasteiger partial charge in [-0.2, -0.15) is 0 Å². The number of hydrogen-bond donors (Lipinski definition) is 1. The fourth-order valence-electron chi connectivity index (χ4n) is 2.63. The van der Waals surface area contributed by atoms with Gasteiger partial charge in [-0.3, -0.25) is 4.98 Å². The van der Waals surface area contributed by atoms with Gasteiger partial charge < -0.3 is 10.2 Å². The van der Waals surface area contributed by atoms with Gasteiger partial charge in [0.25, 0.3) is 0 Å². The van der Waals surface area contributed by atoms with Crippen LogP contribution in [-0.4, -0.2) is 19.1 Å². The first-order valence-corrected chi connectivity index (χ1v) is 7.66. The van der Waals surface area contributed by atoms with Crippen molar-refractivity contribution < 1.29 is 0 Å². The molecule has 21 heavy (non-hydrogen) atoms. The third-order valence-electron chi connectivity index (χ3n) is 3.91. The Kier molecular flexibility index (Phi) is 4.02. The lowest BCUT2D eigenvalue weighted by Crippen LogP contribution is -2.17. The molecule has 1 atom stereocenters. The molecule has 1 N–H and O–H groups in total. The van der Waals surface area contributed by atoms with E-state index in [0.29, 0.717) is 12.0 Å². The molecular formula is C17H20ClN3. The van der Waals surface area contributed by atoms with Gasteiger partial charge in [0, 0.05) is 25.3 Å². The van der Waals surface area contributed by atoms with Crippen molar-refractivity contribution in [2.24, 2.45) is 5.92 Å². The SMILES string of the molecule is CN(C)c1ccncc1NC(c1ccc(Cl)cc1)C1CC1. The van der Waals surface area contributed by atoms with Crippen LogP contribution in [0.5, 0.6) is 0 Å². The molecule has 2 aromatic rings. The molecule has 1 unspecified atom stereocenters. The standard InChI is InChI=1S/C17H20ClN3/c1-21(2)16-9-10-19-11-15(16)20-17(12-3-4-12)13-5-7-14(18)8-6-13/h5-12,17,20H,3-4H2,1-2H3. The van der Waals surface area contributed by atoms with E-state index in [1.807, 2.05) is 30.6 Å². The average molecular weight is 302 g/mol. The third-order valence-corrected chi connectivity index (χ3v) is 4.17. The molecule has 3 rings (SSSR count). The lowest BCUT2D eigenvalue weighted by molar-refractivity contribution is 0.678. The number of pyridine rings is 1. The van der Waals surface area contributed by atoms with Crippen molar-refractivity contribution in [2.75, 3.05) is 24.3 Å². The van der Waals surface area contributed by atoms with E-state index in [1.54, 1.807) is 0 Å². The molecule has 1 heterocycles. The van der Waals surface area contributed by atoms with Crippen LogP contribution in [0.15, 0.2) is 42.7 Å². The molecule has 0 bridgehead atoms. The predicted molar refractivity (Wildman–Crippen MR) is 89.1 cm³/mol. The number of anilines is 2. The van der Waals surface area contributed by atoms with E-state index in [0.717, 1.165) is 16.4 Å². The summed E-state index contributed by atoms with van der Waals surface area (Å²) in [7, 11) is 4.10. The molecule has 1 fully saturated rings. The Morgan fingerprint density at radius 3 is 2.52 bits per heavy atom. The van der Waals surface area contributed by atoms with Crippen molar-refractivity contribution in [3.63, 3.8) is 0 Å². The van der Waals surface area contributed by atoms with Crippen molar-refractivity contribution in [2.45, 2.75) is 18.9 Å². The molecule has 0 aliphatic heterocycles. The van der Waals surface area contributed by atoms with E-state index < -0.39 is 0 Å². The van der Waals surface area contributed by atoms with Crippen molar-refractivity contribution in [3.8, 4) is 0 Å². The summed E-state index contributed by atoms with van der Waals surface area (Å²) in [6.45, 7) is 0. The second kappa shape index (κ2) is 5.94. The van der Waals surface area contributed by atoms with E-state index in [1.165, 1.54) is 18.4 Å². The lowest BCUT2D eigenvalue weighted by atomic mass is 10.0. The second-order valence-corrected chi connectivity index (χ2v) is 6.23. The van der Waals surface area contributed by atoms with Gasteiger partial charge in [-0.1, -0.05) is 23.7 Å². The zero-order valence-electron chi connectivity index (χ0n) is 12.4. The number of rotatable bonds is 5. The summed E-state index contributed by atoms with van der Waals surface area (Å²) in [4.78, 5) is 6.37. The Morgan fingerprint density at radius 2 is 1.90 bits per heavy atom. The van der Waals surface area contributed by atoms with E-state index in [-0.39, 0.29) is 0 Å². The molecule has 3 nitrogen and oxygen atoms in total. The van der Waals surface area contributed by atoms with E-state index >= 15 is 0 Å². The molecule has 1 aromatic carbocycles. The summed E-state index contributed by atoms with van der Waals surface area (Å²) in [5, 5.41) is 4.46. The summed E-state index contributed by atoms with van der Waals surface area (Å²) in [5.74, 6) is 0.696. The molecule has 1 aromatic heterocycles. The first-order chi connectivity index (χ1) is 10.1. The van der Waals surface area contributed by atoms with Gasteiger partial charge in [0.1, 0.15) is 0 Å². The van der Waals surface area contributed by atoms with Crippen LogP contribution in [0.2, 0.25) is 5.02 Å². The quantitative estimate of drug-likeness (QED) is 0.889. The summed E-state index contributed by atoms with van der Waals surface area (Å²) < 4.78 is 0. The fourth-order valence-corrected chi connectivity index (χ4v) is 2.75. The predicted octanol–water partition coefficient (Wildman–Crippen LogP) is 4.36. The number of benzene rings is 1.